The van der Waals surface area contributed by atoms with Crippen molar-refractivity contribution in [1.29, 1.82) is 0 Å². The van der Waals surface area contributed by atoms with E-state index in [4.69, 9.17) is 0 Å². The van der Waals surface area contributed by atoms with Crippen molar-refractivity contribution < 1.29 is 14.3 Å². The maximum atomic E-state index is 11.4. The zero-order valence-corrected chi connectivity index (χ0v) is 7.73. The van der Waals surface area contributed by atoms with E-state index in [2.05, 4.69) is 11.7 Å². The molecule has 0 amide bonds. The van der Waals surface area contributed by atoms with Crippen LogP contribution in [0.25, 0.3) is 0 Å². The summed E-state index contributed by atoms with van der Waals surface area (Å²) in [6.07, 6.45) is 0.0437. The van der Waals surface area contributed by atoms with Crippen molar-refractivity contribution in [2.75, 3.05) is 6.61 Å². The van der Waals surface area contributed by atoms with Gasteiger partial charge in [-0.3, -0.25) is 9.59 Å². The molecule has 3 nitrogen and oxygen atoms in total. The molecular weight excluding hydrogens is 180 g/mol. The first-order valence-electron chi connectivity index (χ1n) is 4.27. The number of ketones is 1. The lowest BCUT2D eigenvalue weighted by Gasteiger charge is -2.01. The van der Waals surface area contributed by atoms with Crippen molar-refractivity contribution in [1.82, 2.24) is 0 Å². The number of Topliss-reactive ketones (excluding diaryl/α,β-unsaturated/α-hetero) is 1. The number of carbonyl (C=O) groups excluding carboxylic acids is 2. The molecule has 0 fully saturated rings. The van der Waals surface area contributed by atoms with Crippen LogP contribution in [-0.4, -0.2) is 18.4 Å². The van der Waals surface area contributed by atoms with Gasteiger partial charge < -0.3 is 4.74 Å². The maximum absolute atomic E-state index is 11.4. The predicted molar refractivity (Wildman–Crippen MR) is 51.7 cm³/mol. The Balaban J connectivity index is 2.48. The average Bonchev–Trinajstić information content (AvgIpc) is 2.26. The molecular formula is C11H11O3. The lowest BCUT2D eigenvalue weighted by atomic mass is 10.1. The van der Waals surface area contributed by atoms with Crippen LogP contribution in [0, 0.1) is 6.92 Å². The standard InChI is InChI=1S/C11H11O3/c1-2-11(13)14-8-10(12)9-6-4-3-5-7-9/h3-7H,1-2,8H2. The highest BCUT2D eigenvalue weighted by atomic mass is 16.5. The number of rotatable bonds is 4. The van der Waals surface area contributed by atoms with Crippen molar-refractivity contribution in [2.24, 2.45) is 0 Å². The third-order valence-electron chi connectivity index (χ3n) is 1.66. The molecule has 0 saturated carbocycles. The fourth-order valence-electron chi connectivity index (χ4n) is 0.926. The van der Waals surface area contributed by atoms with Crippen molar-refractivity contribution in [3.63, 3.8) is 0 Å². The SMILES string of the molecule is [CH2]CC(=O)OCC(=O)c1ccccc1. The Morgan fingerprint density at radius 1 is 1.21 bits per heavy atom. The first kappa shape index (κ1) is 10.4. The molecule has 0 bridgehead atoms. The van der Waals surface area contributed by atoms with Crippen LogP contribution >= 0.6 is 0 Å². The summed E-state index contributed by atoms with van der Waals surface area (Å²) in [4.78, 5) is 22.1. The molecule has 14 heavy (non-hydrogen) atoms. The van der Waals surface area contributed by atoms with Crippen LogP contribution < -0.4 is 0 Å². The highest BCUT2D eigenvalue weighted by Gasteiger charge is 2.07. The van der Waals surface area contributed by atoms with Gasteiger partial charge in [0, 0.05) is 12.0 Å². The minimum Gasteiger partial charge on any atom is -0.457 e. The molecule has 0 N–H and O–H groups in total. The summed E-state index contributed by atoms with van der Waals surface area (Å²) in [6.45, 7) is 3.14. The van der Waals surface area contributed by atoms with Crippen molar-refractivity contribution in [2.45, 2.75) is 6.42 Å². The van der Waals surface area contributed by atoms with E-state index >= 15 is 0 Å². The fourth-order valence-corrected chi connectivity index (χ4v) is 0.926. The molecule has 1 radical (unpaired) electrons. The van der Waals surface area contributed by atoms with Crippen LogP contribution in [0.1, 0.15) is 16.8 Å². The van der Waals surface area contributed by atoms with Gasteiger partial charge in [-0.1, -0.05) is 30.3 Å². The molecule has 0 aliphatic rings. The Bertz CT molecular complexity index is 317. The maximum Gasteiger partial charge on any atom is 0.306 e. The van der Waals surface area contributed by atoms with E-state index in [0.717, 1.165) is 0 Å². The lowest BCUT2D eigenvalue weighted by Crippen LogP contribution is -2.13. The molecule has 1 rings (SSSR count). The summed E-state index contributed by atoms with van der Waals surface area (Å²) in [7, 11) is 0. The first-order valence-corrected chi connectivity index (χ1v) is 4.27. The van der Waals surface area contributed by atoms with Gasteiger partial charge >= 0.3 is 5.97 Å². The van der Waals surface area contributed by atoms with E-state index < -0.39 is 5.97 Å². The minimum absolute atomic E-state index is 0.0437. The van der Waals surface area contributed by atoms with Crippen LogP contribution in [0.2, 0.25) is 0 Å². The van der Waals surface area contributed by atoms with Gasteiger partial charge in [-0.2, -0.15) is 0 Å². The molecule has 3 heteroatoms. The van der Waals surface area contributed by atoms with Gasteiger partial charge in [-0.05, 0) is 6.92 Å². The number of esters is 1. The minimum atomic E-state index is -0.464. The molecule has 0 atom stereocenters. The van der Waals surface area contributed by atoms with E-state index in [-0.39, 0.29) is 18.8 Å². The predicted octanol–water partition coefficient (Wildman–Crippen LogP) is 1.64. The second kappa shape index (κ2) is 5.17. The summed E-state index contributed by atoms with van der Waals surface area (Å²) in [5, 5.41) is 0. The van der Waals surface area contributed by atoms with Crippen LogP contribution in [0.4, 0.5) is 0 Å². The van der Waals surface area contributed by atoms with Crippen LogP contribution in [0.3, 0.4) is 0 Å². The van der Waals surface area contributed by atoms with E-state index in [0.29, 0.717) is 5.56 Å². The van der Waals surface area contributed by atoms with Crippen molar-refractivity contribution in [3.8, 4) is 0 Å². The van der Waals surface area contributed by atoms with E-state index in [1.807, 2.05) is 6.07 Å². The molecule has 0 spiro atoms. The third-order valence-corrected chi connectivity index (χ3v) is 1.66. The van der Waals surface area contributed by atoms with E-state index in [1.165, 1.54) is 0 Å². The zero-order valence-electron chi connectivity index (χ0n) is 7.73. The van der Waals surface area contributed by atoms with Crippen LogP contribution in [0.15, 0.2) is 30.3 Å². The van der Waals surface area contributed by atoms with Gasteiger partial charge in [0.05, 0.1) is 0 Å². The molecule has 1 aromatic rings. The Morgan fingerprint density at radius 3 is 2.43 bits per heavy atom. The summed E-state index contributed by atoms with van der Waals surface area (Å²) in [6, 6.07) is 8.70. The molecule has 0 aliphatic heterocycles. The largest absolute Gasteiger partial charge is 0.457 e. The molecule has 73 valence electrons. The van der Waals surface area contributed by atoms with Gasteiger partial charge in [0.15, 0.2) is 12.4 Å². The first-order chi connectivity index (χ1) is 6.74. The third kappa shape index (κ3) is 3.01. The van der Waals surface area contributed by atoms with Crippen molar-refractivity contribution in [3.05, 3.63) is 42.8 Å². The molecule has 0 aromatic heterocycles. The molecule has 0 aliphatic carbocycles. The van der Waals surface area contributed by atoms with E-state index in [9.17, 15) is 9.59 Å². The summed E-state index contributed by atoms with van der Waals surface area (Å²) < 4.78 is 4.66. The Labute approximate surface area is 82.7 Å². The second-order valence-electron chi connectivity index (χ2n) is 2.70. The van der Waals surface area contributed by atoms with Gasteiger partial charge in [-0.25, -0.2) is 0 Å². The Morgan fingerprint density at radius 2 is 1.86 bits per heavy atom. The van der Waals surface area contributed by atoms with E-state index in [1.54, 1.807) is 24.3 Å². The number of carbonyl (C=O) groups is 2. The monoisotopic (exact) mass is 191 g/mol. The molecule has 0 unspecified atom stereocenters. The smallest absolute Gasteiger partial charge is 0.306 e. The normalized spacial score (nSPS) is 9.50. The highest BCUT2D eigenvalue weighted by Crippen LogP contribution is 2.00. The van der Waals surface area contributed by atoms with Gasteiger partial charge in [-0.15, -0.1) is 0 Å². The fraction of sp³-hybridized carbons (Fsp3) is 0.182. The summed E-state index contributed by atoms with van der Waals surface area (Å²) >= 11 is 0. The summed E-state index contributed by atoms with van der Waals surface area (Å²) in [5.41, 5.74) is 0.546. The van der Waals surface area contributed by atoms with Crippen LogP contribution in [-0.2, 0) is 9.53 Å². The van der Waals surface area contributed by atoms with Crippen molar-refractivity contribution >= 4 is 11.8 Å². The average molecular weight is 191 g/mol. The second-order valence-corrected chi connectivity index (χ2v) is 2.70. The molecule has 1 aromatic carbocycles. The molecule has 0 saturated heterocycles. The number of hydrogen-bond donors (Lipinski definition) is 0. The quantitative estimate of drug-likeness (QED) is 0.536. The Hall–Kier alpha value is -1.64. The topological polar surface area (TPSA) is 43.4 Å². The number of ether oxygens (including phenoxy) is 1. The lowest BCUT2D eigenvalue weighted by molar-refractivity contribution is -0.141. The zero-order chi connectivity index (χ0) is 10.4. The molecule has 0 heterocycles. The Kier molecular flexibility index (Phi) is 3.85. The van der Waals surface area contributed by atoms with Gasteiger partial charge in [0.1, 0.15) is 0 Å². The number of benzene rings is 1. The van der Waals surface area contributed by atoms with Crippen LogP contribution in [0.5, 0.6) is 0 Å². The summed E-state index contributed by atoms with van der Waals surface area (Å²) in [5.74, 6) is -0.665. The number of hydrogen-bond acceptors (Lipinski definition) is 3. The highest BCUT2D eigenvalue weighted by molar-refractivity contribution is 5.97. The van der Waals surface area contributed by atoms with Gasteiger partial charge in [0.25, 0.3) is 0 Å². The van der Waals surface area contributed by atoms with Gasteiger partial charge in [0.2, 0.25) is 0 Å².